The van der Waals surface area contributed by atoms with Gasteiger partial charge in [0.1, 0.15) is 11.5 Å². The Morgan fingerprint density at radius 3 is 2.48 bits per heavy atom. The van der Waals surface area contributed by atoms with Gasteiger partial charge in [0.05, 0.1) is 25.5 Å². The lowest BCUT2D eigenvalue weighted by Crippen LogP contribution is -2.13. The van der Waals surface area contributed by atoms with Crippen molar-refractivity contribution in [3.05, 3.63) is 59.7 Å². The second-order valence-corrected chi connectivity index (χ2v) is 6.59. The Hall–Kier alpha value is -3.00. The molecule has 1 N–H and O–H groups in total. The maximum absolute atomic E-state index is 12.8. The van der Waals surface area contributed by atoms with Crippen LogP contribution in [0.1, 0.15) is 22.1 Å². The number of methoxy groups -OCH3 is 2. The molecule has 0 saturated carbocycles. The second-order valence-electron chi connectivity index (χ2n) is 5.58. The number of benzene rings is 2. The zero-order valence-corrected chi connectivity index (χ0v) is 16.0. The van der Waals surface area contributed by atoms with Crippen molar-refractivity contribution in [1.82, 2.24) is 10.1 Å². The number of aryl methyl sites for hydroxylation is 1. The van der Waals surface area contributed by atoms with Gasteiger partial charge < -0.3 is 19.3 Å². The highest BCUT2D eigenvalue weighted by atomic mass is 32.2. The highest BCUT2D eigenvalue weighted by molar-refractivity contribution is 7.98. The molecule has 0 atom stereocenters. The average molecular weight is 385 g/mol. The number of anilines is 1. The molecule has 1 amide bonds. The fraction of sp³-hybridized carbons (Fsp3) is 0.211. The number of ether oxygens (including phenoxy) is 2. The van der Waals surface area contributed by atoms with E-state index in [1.807, 2.05) is 18.2 Å². The molecule has 8 heteroatoms. The molecule has 3 rings (SSSR count). The zero-order valence-electron chi connectivity index (χ0n) is 15.2. The SMILES string of the molecule is COc1cc(NC(=O)c2ccccc2SCc2nc(C)no2)cc(OC)c1. The largest absolute Gasteiger partial charge is 0.497 e. The summed E-state index contributed by atoms with van der Waals surface area (Å²) in [5.74, 6) is 2.56. The molecular formula is C19H19N3O4S. The number of rotatable bonds is 7. The number of thioether (sulfide) groups is 1. The molecule has 0 aliphatic heterocycles. The Morgan fingerprint density at radius 2 is 1.85 bits per heavy atom. The second kappa shape index (κ2) is 8.59. The van der Waals surface area contributed by atoms with Gasteiger partial charge in [0, 0.05) is 28.8 Å². The van der Waals surface area contributed by atoms with Crippen LogP contribution in [-0.2, 0) is 5.75 Å². The first kappa shape index (κ1) is 18.8. The Labute approximate surface area is 161 Å². The molecule has 1 heterocycles. The van der Waals surface area contributed by atoms with E-state index in [2.05, 4.69) is 15.5 Å². The highest BCUT2D eigenvalue weighted by Gasteiger charge is 2.14. The Bertz CT molecular complexity index is 920. The minimum absolute atomic E-state index is 0.227. The van der Waals surface area contributed by atoms with Gasteiger partial charge in [-0.05, 0) is 19.1 Å². The Balaban J connectivity index is 1.77. The molecule has 2 aromatic carbocycles. The highest BCUT2D eigenvalue weighted by Crippen LogP contribution is 2.29. The third kappa shape index (κ3) is 4.79. The van der Waals surface area contributed by atoms with Crippen LogP contribution in [0.5, 0.6) is 11.5 Å². The van der Waals surface area contributed by atoms with Crippen molar-refractivity contribution in [2.24, 2.45) is 0 Å². The van der Waals surface area contributed by atoms with Gasteiger partial charge in [0.25, 0.3) is 5.91 Å². The quantitative estimate of drug-likeness (QED) is 0.616. The molecule has 3 aromatic rings. The monoisotopic (exact) mass is 385 g/mol. The van der Waals surface area contributed by atoms with E-state index in [9.17, 15) is 4.79 Å². The maximum Gasteiger partial charge on any atom is 0.256 e. The third-order valence-electron chi connectivity index (χ3n) is 3.66. The molecule has 0 bridgehead atoms. The predicted octanol–water partition coefficient (Wildman–Crippen LogP) is 3.94. The van der Waals surface area contributed by atoms with Gasteiger partial charge in [-0.25, -0.2) is 0 Å². The van der Waals surface area contributed by atoms with E-state index >= 15 is 0 Å². The fourth-order valence-electron chi connectivity index (χ4n) is 2.40. The van der Waals surface area contributed by atoms with Crippen LogP contribution < -0.4 is 14.8 Å². The first-order valence-electron chi connectivity index (χ1n) is 8.14. The smallest absolute Gasteiger partial charge is 0.256 e. The lowest BCUT2D eigenvalue weighted by Gasteiger charge is -2.11. The molecule has 0 unspecified atom stereocenters. The molecule has 0 saturated heterocycles. The van der Waals surface area contributed by atoms with Gasteiger partial charge >= 0.3 is 0 Å². The number of carbonyl (C=O) groups excluding carboxylic acids is 1. The van der Waals surface area contributed by atoms with Crippen molar-refractivity contribution in [1.29, 1.82) is 0 Å². The number of amides is 1. The minimum Gasteiger partial charge on any atom is -0.497 e. The van der Waals surface area contributed by atoms with Crippen LogP contribution in [0, 0.1) is 6.92 Å². The number of nitrogens with one attached hydrogen (secondary N) is 1. The summed E-state index contributed by atoms with van der Waals surface area (Å²) in [5, 5.41) is 6.66. The molecule has 1 aromatic heterocycles. The van der Waals surface area contributed by atoms with Gasteiger partial charge in [0.15, 0.2) is 5.82 Å². The topological polar surface area (TPSA) is 86.5 Å². The summed E-state index contributed by atoms with van der Waals surface area (Å²) in [7, 11) is 3.12. The summed E-state index contributed by atoms with van der Waals surface area (Å²) in [6.07, 6.45) is 0. The van der Waals surface area contributed by atoms with E-state index in [4.69, 9.17) is 14.0 Å². The molecular weight excluding hydrogens is 366 g/mol. The van der Waals surface area contributed by atoms with E-state index in [-0.39, 0.29) is 5.91 Å². The lowest BCUT2D eigenvalue weighted by molar-refractivity contribution is 0.102. The van der Waals surface area contributed by atoms with Crippen molar-refractivity contribution in [2.45, 2.75) is 17.6 Å². The van der Waals surface area contributed by atoms with Crippen molar-refractivity contribution >= 4 is 23.4 Å². The predicted molar refractivity (Wildman–Crippen MR) is 103 cm³/mol. The molecule has 0 aliphatic carbocycles. The van der Waals surface area contributed by atoms with Crippen LogP contribution in [0.2, 0.25) is 0 Å². The molecule has 0 spiro atoms. The number of nitrogens with zero attached hydrogens (tertiary/aromatic N) is 2. The van der Waals surface area contributed by atoms with E-state index in [0.717, 1.165) is 4.90 Å². The van der Waals surface area contributed by atoms with Crippen molar-refractivity contribution < 1.29 is 18.8 Å². The zero-order chi connectivity index (χ0) is 19.2. The molecule has 140 valence electrons. The van der Waals surface area contributed by atoms with E-state index in [1.165, 1.54) is 11.8 Å². The summed E-state index contributed by atoms with van der Waals surface area (Å²) in [4.78, 5) is 17.8. The van der Waals surface area contributed by atoms with Crippen LogP contribution in [-0.4, -0.2) is 30.3 Å². The Kier molecular flexibility index (Phi) is 5.97. The fourth-order valence-corrected chi connectivity index (χ4v) is 3.28. The first-order chi connectivity index (χ1) is 13.1. The van der Waals surface area contributed by atoms with Crippen LogP contribution in [0.4, 0.5) is 5.69 Å². The van der Waals surface area contributed by atoms with Crippen LogP contribution in [0.15, 0.2) is 51.9 Å². The van der Waals surface area contributed by atoms with Crippen LogP contribution in [0.3, 0.4) is 0 Å². The van der Waals surface area contributed by atoms with Crippen molar-refractivity contribution in [3.8, 4) is 11.5 Å². The first-order valence-corrected chi connectivity index (χ1v) is 9.13. The Morgan fingerprint density at radius 1 is 1.15 bits per heavy atom. The van der Waals surface area contributed by atoms with E-state index < -0.39 is 0 Å². The maximum atomic E-state index is 12.8. The van der Waals surface area contributed by atoms with Crippen molar-refractivity contribution in [2.75, 3.05) is 19.5 Å². The molecule has 7 nitrogen and oxygen atoms in total. The number of aromatic nitrogens is 2. The summed E-state index contributed by atoms with van der Waals surface area (Å²) in [6, 6.07) is 12.6. The van der Waals surface area contributed by atoms with Crippen LogP contribution in [0.25, 0.3) is 0 Å². The number of hydrogen-bond donors (Lipinski definition) is 1. The summed E-state index contributed by atoms with van der Waals surface area (Å²) >= 11 is 1.46. The summed E-state index contributed by atoms with van der Waals surface area (Å²) in [6.45, 7) is 1.77. The van der Waals surface area contributed by atoms with Gasteiger partial charge in [-0.15, -0.1) is 11.8 Å². The average Bonchev–Trinajstić information content (AvgIpc) is 3.11. The standard InChI is InChI=1S/C19H19N3O4S/c1-12-20-18(26-22-12)11-27-17-7-5-4-6-16(17)19(23)21-13-8-14(24-2)10-15(9-13)25-3/h4-10H,11H2,1-3H3,(H,21,23). The summed E-state index contributed by atoms with van der Waals surface area (Å²) in [5.41, 5.74) is 1.14. The number of hydrogen-bond acceptors (Lipinski definition) is 7. The van der Waals surface area contributed by atoms with Gasteiger partial charge in [0.2, 0.25) is 5.89 Å². The number of carbonyl (C=O) groups is 1. The van der Waals surface area contributed by atoms with Gasteiger partial charge in [-0.2, -0.15) is 4.98 Å². The molecule has 27 heavy (non-hydrogen) atoms. The van der Waals surface area contributed by atoms with E-state index in [0.29, 0.717) is 40.2 Å². The van der Waals surface area contributed by atoms with Gasteiger partial charge in [-0.1, -0.05) is 17.3 Å². The van der Waals surface area contributed by atoms with E-state index in [1.54, 1.807) is 45.4 Å². The van der Waals surface area contributed by atoms with Crippen LogP contribution >= 0.6 is 11.8 Å². The summed E-state index contributed by atoms with van der Waals surface area (Å²) < 4.78 is 15.6. The normalized spacial score (nSPS) is 10.5. The third-order valence-corrected chi connectivity index (χ3v) is 4.72. The molecule has 0 fully saturated rings. The van der Waals surface area contributed by atoms with Gasteiger partial charge in [-0.3, -0.25) is 4.79 Å². The molecule has 0 radical (unpaired) electrons. The molecule has 0 aliphatic rings. The van der Waals surface area contributed by atoms with Crippen molar-refractivity contribution in [3.63, 3.8) is 0 Å². The minimum atomic E-state index is -0.227. The lowest BCUT2D eigenvalue weighted by atomic mass is 10.2.